The number of aliphatic hydroxyl groups is 2. The highest BCUT2D eigenvalue weighted by molar-refractivity contribution is 9.26. The van der Waals surface area contributed by atoms with E-state index in [0.29, 0.717) is 22.5 Å². The Morgan fingerprint density at radius 1 is 0.837 bits per heavy atom. The first-order valence-corrected chi connectivity index (χ1v) is 20.9. The molecule has 9 heterocycles. The molecule has 2 aromatic carbocycles. The van der Waals surface area contributed by atoms with Crippen LogP contribution in [0.3, 0.4) is 0 Å². The fraction of sp³-hybridized carbons (Fsp3) is 0.500. The highest BCUT2D eigenvalue weighted by Crippen LogP contribution is 2.79. The van der Waals surface area contributed by atoms with Crippen LogP contribution >= 0.6 is 41.2 Å². The molecule has 0 aromatic heterocycles. The van der Waals surface area contributed by atoms with Gasteiger partial charge in [-0.15, -0.1) is 0 Å². The van der Waals surface area contributed by atoms with E-state index in [1.807, 2.05) is 62.4 Å². The SMILES string of the molecule is CC(C)[C@]12SSSS[C@@]3(C(=O)N1C)[C@@H]1O[C@]45C(=O)N(C)[C@@H](CO)C(=O)N4[C@H]4Nc6ccccc6[C@]4([C@H]5O)[C@@]14c1ccccc1N[C@H]4N3C2=O. The summed E-state index contributed by atoms with van der Waals surface area (Å²) in [6, 6.07) is 13.8. The highest BCUT2D eigenvalue weighted by Gasteiger charge is 2.95. The van der Waals surface area contributed by atoms with Crippen LogP contribution in [0.15, 0.2) is 48.5 Å². The molecule has 7 fully saturated rings. The van der Waals surface area contributed by atoms with Crippen molar-refractivity contribution in [2.75, 3.05) is 31.3 Å². The van der Waals surface area contributed by atoms with Crippen molar-refractivity contribution in [3.63, 3.8) is 0 Å². The van der Waals surface area contributed by atoms with Gasteiger partial charge in [-0.25, -0.2) is 0 Å². The Kier molecular flexibility index (Phi) is 5.91. The Labute approximate surface area is 296 Å². The molecule has 0 unspecified atom stereocenters. The van der Waals surface area contributed by atoms with Crippen LogP contribution in [0.1, 0.15) is 25.0 Å². The van der Waals surface area contributed by atoms with Crippen LogP contribution in [0.2, 0.25) is 0 Å². The maximum atomic E-state index is 15.5. The molecule has 2 aromatic rings. The molecule has 9 aliphatic heterocycles. The lowest BCUT2D eigenvalue weighted by molar-refractivity contribution is -0.263. The van der Waals surface area contributed by atoms with Gasteiger partial charge in [-0.1, -0.05) is 50.2 Å². The zero-order chi connectivity index (χ0) is 34.2. The number of carbonyl (C=O) groups is 4. The summed E-state index contributed by atoms with van der Waals surface area (Å²) >= 11 is 0. The summed E-state index contributed by atoms with van der Waals surface area (Å²) in [6.45, 7) is 3.23. The third-order valence-electron chi connectivity index (χ3n) is 12.5. The molecule has 4 spiro atoms. The van der Waals surface area contributed by atoms with Gasteiger partial charge in [0.1, 0.15) is 30.6 Å². The molecule has 4 amide bonds. The molecule has 0 aliphatic carbocycles. The Morgan fingerprint density at radius 3 is 2.06 bits per heavy atom. The number of nitrogens with one attached hydrogen (secondary N) is 2. The number of ether oxygens (including phenoxy) is 1. The third kappa shape index (κ3) is 2.78. The fourth-order valence-electron chi connectivity index (χ4n) is 10.7. The Hall–Kier alpha value is -2.80. The Bertz CT molecular complexity index is 1940. The Balaban J connectivity index is 1.37. The molecule has 13 nitrogen and oxygen atoms in total. The van der Waals surface area contributed by atoms with Crippen LogP contribution in [0, 0.1) is 5.92 Å². The molecule has 9 aliphatic rings. The molecular formula is C32H32N6O7S4. The minimum Gasteiger partial charge on any atom is -0.394 e. The van der Waals surface area contributed by atoms with E-state index in [0.717, 1.165) is 4.90 Å². The number of hydrogen-bond donors (Lipinski definition) is 4. The van der Waals surface area contributed by atoms with Gasteiger partial charge >= 0.3 is 0 Å². The predicted octanol–water partition coefficient (Wildman–Crippen LogP) is 1.55. The van der Waals surface area contributed by atoms with Gasteiger partial charge in [0.05, 0.1) is 17.4 Å². The molecule has 0 saturated carbocycles. The summed E-state index contributed by atoms with van der Waals surface area (Å²) < 4.78 is 7.21. The number of hydrogen-bond acceptors (Lipinski definition) is 13. The van der Waals surface area contributed by atoms with Gasteiger partial charge in [0.2, 0.25) is 4.87 Å². The van der Waals surface area contributed by atoms with Crippen LogP contribution in [0.5, 0.6) is 0 Å². The van der Waals surface area contributed by atoms with Crippen molar-refractivity contribution in [1.82, 2.24) is 19.6 Å². The topological polar surface area (TPSA) is 155 Å². The lowest BCUT2D eigenvalue weighted by Crippen LogP contribution is -2.81. The van der Waals surface area contributed by atoms with Gasteiger partial charge < -0.3 is 35.4 Å². The molecule has 7 saturated heterocycles. The molecule has 17 heteroatoms. The van der Waals surface area contributed by atoms with E-state index in [9.17, 15) is 19.8 Å². The molecule has 11 rings (SSSR count). The number of aliphatic hydroxyl groups excluding tert-OH is 2. The average molecular weight is 741 g/mol. The number of benzene rings is 2. The lowest BCUT2D eigenvalue weighted by Gasteiger charge is -2.59. The van der Waals surface area contributed by atoms with E-state index in [1.165, 1.54) is 53.2 Å². The van der Waals surface area contributed by atoms with Gasteiger partial charge in [-0.05, 0) is 70.4 Å². The van der Waals surface area contributed by atoms with Crippen LogP contribution in [0.4, 0.5) is 11.4 Å². The number of para-hydroxylation sites is 2. The van der Waals surface area contributed by atoms with Crippen molar-refractivity contribution in [3.05, 3.63) is 59.7 Å². The first-order chi connectivity index (χ1) is 23.5. The van der Waals surface area contributed by atoms with Gasteiger partial charge in [0.15, 0.2) is 4.87 Å². The van der Waals surface area contributed by atoms with E-state index >= 15 is 9.59 Å². The molecule has 10 atom stereocenters. The van der Waals surface area contributed by atoms with Crippen molar-refractivity contribution < 1.29 is 34.1 Å². The quantitative estimate of drug-likeness (QED) is 0.330. The minimum atomic E-state index is -2.28. The van der Waals surface area contributed by atoms with E-state index < -0.39 is 75.3 Å². The number of rotatable bonds is 2. The van der Waals surface area contributed by atoms with E-state index in [2.05, 4.69) is 10.6 Å². The first kappa shape index (κ1) is 31.0. The van der Waals surface area contributed by atoms with Gasteiger partial charge in [0.25, 0.3) is 29.4 Å². The van der Waals surface area contributed by atoms with Gasteiger partial charge in [-0.2, -0.15) is 0 Å². The standard InChI is InChI=1S/C32H32N6O7S4/c1-14(2)31-27(44)38-24-29(16-10-6-8-12-18(16)34-24)22(32(38,26(43)36(31)4)47-49-48-46-31)45-30-21(41)28(29)15-9-5-7-11-17(15)33-23(28)37(30)20(40)19(13-39)35(3)25(30)42/h5-12,14,19,21-24,33-34,39,41H,13H2,1-4H3/t19-,21+,22+,23+,24-,28+,29-,30+,31+,32+/m0/s1. The van der Waals surface area contributed by atoms with E-state index in [-0.39, 0.29) is 17.7 Å². The maximum absolute atomic E-state index is 15.5. The molecule has 0 radical (unpaired) electrons. The minimum absolute atomic E-state index is 0.270. The number of anilines is 2. The lowest BCUT2D eigenvalue weighted by atomic mass is 9.50. The summed E-state index contributed by atoms with van der Waals surface area (Å²) in [7, 11) is 8.45. The number of carbonyl (C=O) groups excluding carboxylic acids is 4. The van der Waals surface area contributed by atoms with Crippen LogP contribution in [-0.4, -0.2) is 120 Å². The second-order valence-corrected chi connectivity index (χ2v) is 20.3. The van der Waals surface area contributed by atoms with Crippen LogP contribution in [-0.2, 0) is 34.7 Å². The zero-order valence-electron chi connectivity index (χ0n) is 26.6. The van der Waals surface area contributed by atoms with Gasteiger partial charge in [-0.3, -0.25) is 29.0 Å². The van der Waals surface area contributed by atoms with Crippen molar-refractivity contribution in [1.29, 1.82) is 0 Å². The van der Waals surface area contributed by atoms with Crippen LogP contribution < -0.4 is 10.6 Å². The molecule has 4 N–H and O–H groups in total. The number of amides is 4. The van der Waals surface area contributed by atoms with Crippen molar-refractivity contribution >= 4 is 76.2 Å². The molecule has 49 heavy (non-hydrogen) atoms. The second kappa shape index (κ2) is 9.35. The Morgan fingerprint density at radius 2 is 1.43 bits per heavy atom. The monoisotopic (exact) mass is 740 g/mol. The smallest absolute Gasteiger partial charge is 0.279 e. The summed E-state index contributed by atoms with van der Waals surface area (Å²) in [5, 5.41) is 30.8. The zero-order valence-corrected chi connectivity index (χ0v) is 29.9. The molecular weight excluding hydrogens is 709 g/mol. The summed E-state index contributed by atoms with van der Waals surface area (Å²) in [6.07, 6.45) is -4.89. The van der Waals surface area contributed by atoms with Crippen LogP contribution in [0.25, 0.3) is 0 Å². The van der Waals surface area contributed by atoms with E-state index in [1.54, 1.807) is 16.8 Å². The van der Waals surface area contributed by atoms with Crippen molar-refractivity contribution in [2.24, 2.45) is 5.92 Å². The summed E-state index contributed by atoms with van der Waals surface area (Å²) in [5.41, 5.74) is -2.51. The third-order valence-corrected chi connectivity index (χ3v) is 20.1. The second-order valence-electron chi connectivity index (χ2n) is 14.2. The number of fused-ring (bicyclic) bond motifs is 7. The highest BCUT2D eigenvalue weighted by atomic mass is 33.7. The number of likely N-dealkylation sites (N-methyl/N-ethyl adjacent to an activating group) is 2. The summed E-state index contributed by atoms with van der Waals surface area (Å²) in [5.74, 6) is -2.21. The maximum Gasteiger partial charge on any atom is 0.279 e. The predicted molar refractivity (Wildman–Crippen MR) is 185 cm³/mol. The molecule has 4 bridgehead atoms. The van der Waals surface area contributed by atoms with Crippen molar-refractivity contribution in [2.45, 2.75) is 70.7 Å². The number of piperazine rings is 2. The summed E-state index contributed by atoms with van der Waals surface area (Å²) in [4.78, 5) is 63.0. The first-order valence-electron chi connectivity index (χ1n) is 16.1. The van der Waals surface area contributed by atoms with E-state index in [4.69, 9.17) is 4.74 Å². The largest absolute Gasteiger partial charge is 0.394 e. The molecule has 256 valence electrons. The normalized spacial score (nSPS) is 43.7. The average Bonchev–Trinajstić information content (AvgIpc) is 3.71. The van der Waals surface area contributed by atoms with Crippen molar-refractivity contribution in [3.8, 4) is 0 Å². The number of nitrogens with zero attached hydrogens (tertiary/aromatic N) is 4. The fourth-order valence-corrected chi connectivity index (χ4v) is 18.8. The van der Waals surface area contributed by atoms with Gasteiger partial charge in [0, 0.05) is 25.5 Å².